The minimum atomic E-state index is -3.84. The van der Waals surface area contributed by atoms with Crippen molar-refractivity contribution in [2.75, 3.05) is 4.72 Å². The molecule has 22 heavy (non-hydrogen) atoms. The molecule has 0 unspecified atom stereocenters. The monoisotopic (exact) mass is 320 g/mol. The number of aromatic nitrogens is 1. The lowest BCUT2D eigenvalue weighted by atomic mass is 10.2. The van der Waals surface area contributed by atoms with Crippen molar-refractivity contribution < 1.29 is 17.9 Å². The number of rotatable bonds is 3. The molecule has 0 bridgehead atoms. The third kappa shape index (κ3) is 2.56. The summed E-state index contributed by atoms with van der Waals surface area (Å²) in [5.74, 6) is -0.595. The molecule has 0 saturated carbocycles. The summed E-state index contributed by atoms with van der Waals surface area (Å²) in [6.07, 6.45) is 0. The molecule has 0 radical (unpaired) electrons. The van der Waals surface area contributed by atoms with E-state index < -0.39 is 15.8 Å². The van der Waals surface area contributed by atoms with Gasteiger partial charge in [0, 0.05) is 6.07 Å². The Morgan fingerprint density at radius 1 is 1.18 bits per heavy atom. The number of anilines is 1. The molecule has 2 aromatic carbocycles. The first-order chi connectivity index (χ1) is 10.3. The zero-order valence-corrected chi connectivity index (χ0v) is 12.3. The highest BCUT2D eigenvalue weighted by Crippen LogP contribution is 2.24. The number of benzene rings is 2. The first-order valence-electron chi connectivity index (χ1n) is 6.30. The molecule has 3 aromatic rings. The van der Waals surface area contributed by atoms with E-state index in [0.29, 0.717) is 16.8 Å². The van der Waals surface area contributed by atoms with E-state index in [9.17, 15) is 18.3 Å². The van der Waals surface area contributed by atoms with Crippen LogP contribution in [0.25, 0.3) is 11.1 Å². The smallest absolute Gasteiger partial charge is 0.417 e. The topological polar surface area (TPSA) is 112 Å². The second-order valence-electron chi connectivity index (χ2n) is 4.78. The van der Waals surface area contributed by atoms with Gasteiger partial charge in [0.1, 0.15) is 5.75 Å². The van der Waals surface area contributed by atoms with Crippen molar-refractivity contribution in [3.63, 3.8) is 0 Å². The van der Waals surface area contributed by atoms with Crippen LogP contribution in [0.15, 0.2) is 50.5 Å². The molecule has 3 N–H and O–H groups in total. The third-order valence-electron chi connectivity index (χ3n) is 3.16. The van der Waals surface area contributed by atoms with Crippen molar-refractivity contribution in [3.05, 3.63) is 52.5 Å². The lowest BCUT2D eigenvalue weighted by molar-refractivity contribution is 0.475. The molecular formula is C14H12N2O5S. The van der Waals surface area contributed by atoms with E-state index >= 15 is 0 Å². The number of fused-ring (bicyclic) bond motifs is 1. The zero-order valence-electron chi connectivity index (χ0n) is 11.5. The van der Waals surface area contributed by atoms with E-state index in [4.69, 9.17) is 4.42 Å². The van der Waals surface area contributed by atoms with E-state index in [2.05, 4.69) is 9.71 Å². The number of aromatic hydroxyl groups is 1. The summed E-state index contributed by atoms with van der Waals surface area (Å²) in [4.78, 5) is 13.5. The minimum Gasteiger partial charge on any atom is -0.508 e. The number of phenols is 1. The fraction of sp³-hybridized carbons (Fsp3) is 0.0714. The summed E-state index contributed by atoms with van der Waals surface area (Å²) in [6, 6.07) is 8.40. The van der Waals surface area contributed by atoms with Gasteiger partial charge in [0.05, 0.1) is 16.1 Å². The van der Waals surface area contributed by atoms with Gasteiger partial charge in [0.15, 0.2) is 5.58 Å². The average Bonchev–Trinajstić information content (AvgIpc) is 2.81. The summed E-state index contributed by atoms with van der Waals surface area (Å²) in [5.41, 5.74) is 1.52. The number of nitrogens with one attached hydrogen (secondary N) is 2. The molecule has 1 aromatic heterocycles. The highest BCUT2D eigenvalue weighted by atomic mass is 32.2. The van der Waals surface area contributed by atoms with Crippen LogP contribution in [0.5, 0.6) is 5.75 Å². The van der Waals surface area contributed by atoms with Gasteiger partial charge in [-0.2, -0.15) is 0 Å². The molecule has 3 rings (SSSR count). The maximum absolute atomic E-state index is 12.4. The number of phenolic OH excluding ortho intramolecular Hbond substituents is 1. The van der Waals surface area contributed by atoms with E-state index in [0.717, 1.165) is 0 Å². The fourth-order valence-corrected chi connectivity index (χ4v) is 3.20. The lowest BCUT2D eigenvalue weighted by Gasteiger charge is -2.10. The van der Waals surface area contributed by atoms with Gasteiger partial charge in [-0.25, -0.2) is 13.2 Å². The third-order valence-corrected chi connectivity index (χ3v) is 4.52. The van der Waals surface area contributed by atoms with Crippen LogP contribution in [0, 0.1) is 6.92 Å². The summed E-state index contributed by atoms with van der Waals surface area (Å²) in [6.45, 7) is 1.67. The molecule has 0 aliphatic rings. The summed E-state index contributed by atoms with van der Waals surface area (Å²) < 4.78 is 32.1. The van der Waals surface area contributed by atoms with E-state index in [-0.39, 0.29) is 16.2 Å². The summed E-state index contributed by atoms with van der Waals surface area (Å²) >= 11 is 0. The first-order valence-corrected chi connectivity index (χ1v) is 7.79. The van der Waals surface area contributed by atoms with Crippen molar-refractivity contribution in [1.29, 1.82) is 0 Å². The Morgan fingerprint density at radius 3 is 2.68 bits per heavy atom. The summed E-state index contributed by atoms with van der Waals surface area (Å²) in [5, 5.41) is 9.35. The van der Waals surface area contributed by atoms with Crippen LogP contribution in [0.2, 0.25) is 0 Å². The van der Waals surface area contributed by atoms with Crippen molar-refractivity contribution in [2.24, 2.45) is 0 Å². The molecule has 0 fully saturated rings. The van der Waals surface area contributed by atoms with Gasteiger partial charge in [0.2, 0.25) is 0 Å². The average molecular weight is 320 g/mol. The zero-order chi connectivity index (χ0) is 15.9. The highest BCUT2D eigenvalue weighted by Gasteiger charge is 2.17. The van der Waals surface area contributed by atoms with Gasteiger partial charge in [-0.3, -0.25) is 9.71 Å². The van der Waals surface area contributed by atoms with Crippen molar-refractivity contribution in [1.82, 2.24) is 4.98 Å². The number of aryl methyl sites for hydroxylation is 1. The Morgan fingerprint density at radius 2 is 1.95 bits per heavy atom. The second kappa shape index (κ2) is 4.92. The van der Waals surface area contributed by atoms with Crippen LogP contribution in [0.1, 0.15) is 5.56 Å². The molecular weight excluding hydrogens is 308 g/mol. The first kappa shape index (κ1) is 14.2. The Bertz CT molecular complexity index is 1020. The van der Waals surface area contributed by atoms with E-state index in [1.165, 1.54) is 36.4 Å². The van der Waals surface area contributed by atoms with E-state index in [1.54, 1.807) is 6.92 Å². The number of hydrogen-bond acceptors (Lipinski definition) is 5. The Labute approximate surface area is 125 Å². The SMILES string of the molecule is Cc1cc(O)ccc1NS(=O)(=O)c1ccc2[nH]c(=O)oc2c1. The van der Waals surface area contributed by atoms with Crippen LogP contribution in [0.3, 0.4) is 0 Å². The number of aromatic amines is 1. The Hall–Kier alpha value is -2.74. The van der Waals surface area contributed by atoms with Crippen LogP contribution < -0.4 is 10.5 Å². The van der Waals surface area contributed by atoms with Gasteiger partial charge in [-0.15, -0.1) is 0 Å². The van der Waals surface area contributed by atoms with Crippen LogP contribution in [-0.2, 0) is 10.0 Å². The molecule has 0 atom stereocenters. The van der Waals surface area contributed by atoms with Crippen LogP contribution >= 0.6 is 0 Å². The second-order valence-corrected chi connectivity index (χ2v) is 6.46. The van der Waals surface area contributed by atoms with Gasteiger partial charge in [0.25, 0.3) is 10.0 Å². The number of oxazole rings is 1. The van der Waals surface area contributed by atoms with Crippen LogP contribution in [0.4, 0.5) is 5.69 Å². The maximum atomic E-state index is 12.4. The van der Waals surface area contributed by atoms with E-state index in [1.807, 2.05) is 0 Å². The van der Waals surface area contributed by atoms with Gasteiger partial charge < -0.3 is 9.52 Å². The Balaban J connectivity index is 2.01. The van der Waals surface area contributed by atoms with Gasteiger partial charge in [-0.1, -0.05) is 0 Å². The quantitative estimate of drug-likeness (QED) is 0.638. The fourth-order valence-electron chi connectivity index (χ4n) is 2.06. The largest absolute Gasteiger partial charge is 0.508 e. The molecule has 0 aliphatic heterocycles. The molecule has 0 saturated heterocycles. The number of sulfonamides is 1. The number of H-pyrrole nitrogens is 1. The van der Waals surface area contributed by atoms with Crippen molar-refractivity contribution >= 4 is 26.8 Å². The van der Waals surface area contributed by atoms with Gasteiger partial charge in [-0.05, 0) is 42.8 Å². The van der Waals surface area contributed by atoms with Crippen molar-refractivity contribution in [3.8, 4) is 5.75 Å². The number of hydrogen-bond donors (Lipinski definition) is 3. The normalized spacial score (nSPS) is 11.7. The lowest BCUT2D eigenvalue weighted by Crippen LogP contribution is -2.13. The molecule has 0 aliphatic carbocycles. The molecule has 0 amide bonds. The van der Waals surface area contributed by atoms with Crippen molar-refractivity contribution in [2.45, 2.75) is 11.8 Å². The molecule has 8 heteroatoms. The van der Waals surface area contributed by atoms with Gasteiger partial charge >= 0.3 is 5.76 Å². The highest BCUT2D eigenvalue weighted by molar-refractivity contribution is 7.92. The Kier molecular flexibility index (Phi) is 3.18. The maximum Gasteiger partial charge on any atom is 0.417 e. The molecule has 1 heterocycles. The molecule has 114 valence electrons. The molecule has 7 nitrogen and oxygen atoms in total. The van der Waals surface area contributed by atoms with Crippen LogP contribution in [-0.4, -0.2) is 18.5 Å². The predicted molar refractivity (Wildman–Crippen MR) is 80.5 cm³/mol. The minimum absolute atomic E-state index is 0.0322. The summed E-state index contributed by atoms with van der Waals surface area (Å²) in [7, 11) is -3.84. The molecule has 0 spiro atoms. The standard InChI is InChI=1S/C14H12N2O5S/c1-8-6-9(17)2-4-11(8)16-22(19,20)10-3-5-12-13(7-10)21-14(18)15-12/h2-7,16-17H,1H3,(H,15,18). The predicted octanol–water partition coefficient (Wildman–Crippen LogP) is 1.94.